The molecular weight excluding hydrogens is 188 g/mol. The molecule has 0 spiro atoms. The van der Waals surface area contributed by atoms with Crippen molar-refractivity contribution in [3.63, 3.8) is 0 Å². The zero-order chi connectivity index (χ0) is 9.97. The van der Waals surface area contributed by atoms with Crippen molar-refractivity contribution in [2.24, 2.45) is 4.99 Å². The Bertz CT molecular complexity index is 377. The van der Waals surface area contributed by atoms with Gasteiger partial charge in [0.05, 0.1) is 6.20 Å². The van der Waals surface area contributed by atoms with Crippen LogP contribution in [0.25, 0.3) is 0 Å². The van der Waals surface area contributed by atoms with E-state index in [0.717, 1.165) is 0 Å². The number of nitrogens with one attached hydrogen (secondary N) is 2. The van der Waals surface area contributed by atoms with Crippen LogP contribution in [0, 0.1) is 0 Å². The van der Waals surface area contributed by atoms with Crippen LogP contribution in [-0.4, -0.2) is 22.9 Å². The fourth-order valence-electron chi connectivity index (χ4n) is 0.920. The molecule has 0 radical (unpaired) electrons. The predicted molar refractivity (Wildman–Crippen MR) is 43.9 cm³/mol. The fourth-order valence-corrected chi connectivity index (χ4v) is 0.920. The topological polar surface area (TPSA) is 96.6 Å². The molecule has 0 aromatic carbocycles. The number of guanidine groups is 1. The van der Waals surface area contributed by atoms with Crippen LogP contribution in [0.4, 0.5) is 0 Å². The molecule has 1 saturated heterocycles. The van der Waals surface area contributed by atoms with Gasteiger partial charge in [0.25, 0.3) is 0 Å². The van der Waals surface area contributed by atoms with Crippen molar-refractivity contribution < 1.29 is 14.1 Å². The molecule has 0 saturated carbocycles. The van der Waals surface area contributed by atoms with Crippen LogP contribution in [0.2, 0.25) is 0 Å². The molecule has 2 N–H and O–H groups in total. The predicted octanol–water partition coefficient (Wildman–Crippen LogP) is -1.22. The number of carbonyl (C=O) groups is 2. The summed E-state index contributed by atoms with van der Waals surface area (Å²) in [6.45, 7) is 0.218. The first kappa shape index (κ1) is 8.42. The molecule has 7 nitrogen and oxygen atoms in total. The van der Waals surface area contributed by atoms with E-state index in [1.54, 1.807) is 6.07 Å². The highest BCUT2D eigenvalue weighted by atomic mass is 16.5. The van der Waals surface area contributed by atoms with E-state index in [1.807, 2.05) is 0 Å². The maximum Gasteiger partial charge on any atom is 0.316 e. The first-order valence-corrected chi connectivity index (χ1v) is 3.82. The van der Waals surface area contributed by atoms with E-state index in [4.69, 9.17) is 4.52 Å². The Morgan fingerprint density at radius 2 is 2.07 bits per heavy atom. The van der Waals surface area contributed by atoms with Crippen LogP contribution in [0.5, 0.6) is 0 Å². The molecule has 2 amide bonds. The van der Waals surface area contributed by atoms with Gasteiger partial charge in [0, 0.05) is 6.07 Å². The Hall–Kier alpha value is -2.18. The van der Waals surface area contributed by atoms with Crippen molar-refractivity contribution in [1.82, 2.24) is 15.8 Å². The number of carbonyl (C=O) groups excluding carboxylic acids is 2. The molecule has 7 heteroatoms. The van der Waals surface area contributed by atoms with Crippen LogP contribution in [-0.2, 0) is 16.1 Å². The number of hydrogen-bond donors (Lipinski definition) is 2. The van der Waals surface area contributed by atoms with Crippen LogP contribution in [0.3, 0.4) is 0 Å². The van der Waals surface area contributed by atoms with Crippen molar-refractivity contribution in [2.45, 2.75) is 6.54 Å². The van der Waals surface area contributed by atoms with Crippen LogP contribution < -0.4 is 10.6 Å². The van der Waals surface area contributed by atoms with Gasteiger partial charge in [0.2, 0.25) is 5.96 Å². The summed E-state index contributed by atoms with van der Waals surface area (Å²) in [5, 5.41) is 7.99. The van der Waals surface area contributed by atoms with E-state index in [2.05, 4.69) is 20.8 Å². The number of rotatable bonds is 2. The molecule has 1 aromatic heterocycles. The molecule has 2 heterocycles. The minimum absolute atomic E-state index is 0.136. The van der Waals surface area contributed by atoms with Gasteiger partial charge in [-0.3, -0.25) is 20.2 Å². The van der Waals surface area contributed by atoms with Crippen molar-refractivity contribution in [3.05, 3.63) is 18.0 Å². The van der Waals surface area contributed by atoms with E-state index in [0.29, 0.717) is 5.76 Å². The zero-order valence-electron chi connectivity index (χ0n) is 6.98. The van der Waals surface area contributed by atoms with E-state index < -0.39 is 11.8 Å². The smallest absolute Gasteiger partial charge is 0.316 e. The highest BCUT2D eigenvalue weighted by molar-refractivity contribution is 6.45. The Morgan fingerprint density at radius 3 is 2.64 bits per heavy atom. The van der Waals surface area contributed by atoms with E-state index in [-0.39, 0.29) is 12.5 Å². The molecule has 0 bridgehead atoms. The minimum Gasteiger partial charge on any atom is -0.359 e. The third-order valence-corrected chi connectivity index (χ3v) is 1.55. The number of hydrogen-bond acceptors (Lipinski definition) is 5. The molecule has 1 aliphatic rings. The monoisotopic (exact) mass is 194 g/mol. The van der Waals surface area contributed by atoms with Crippen molar-refractivity contribution in [3.8, 4) is 0 Å². The lowest BCUT2D eigenvalue weighted by atomic mass is 10.5. The van der Waals surface area contributed by atoms with Gasteiger partial charge in [0.15, 0.2) is 5.76 Å². The molecule has 0 atom stereocenters. The van der Waals surface area contributed by atoms with Crippen molar-refractivity contribution in [2.75, 3.05) is 0 Å². The summed E-state index contributed by atoms with van der Waals surface area (Å²) in [4.78, 5) is 25.3. The van der Waals surface area contributed by atoms with E-state index in [1.165, 1.54) is 6.20 Å². The summed E-state index contributed by atoms with van der Waals surface area (Å²) >= 11 is 0. The quantitative estimate of drug-likeness (QED) is 0.576. The van der Waals surface area contributed by atoms with Gasteiger partial charge < -0.3 is 4.52 Å². The lowest BCUT2D eigenvalue weighted by molar-refractivity contribution is -0.135. The SMILES string of the molecule is O=C1NC(=NCc2ccno2)NC1=O. The van der Waals surface area contributed by atoms with Gasteiger partial charge in [-0.05, 0) is 0 Å². The number of aliphatic imine (C=N–C) groups is 1. The molecular formula is C7H6N4O3. The van der Waals surface area contributed by atoms with Gasteiger partial charge in [-0.25, -0.2) is 4.99 Å². The van der Waals surface area contributed by atoms with Crippen molar-refractivity contribution in [1.29, 1.82) is 0 Å². The summed E-state index contributed by atoms with van der Waals surface area (Å²) < 4.78 is 4.76. The normalized spacial score (nSPS) is 15.3. The fraction of sp³-hybridized carbons (Fsp3) is 0.143. The summed E-state index contributed by atoms with van der Waals surface area (Å²) in [5.74, 6) is -0.730. The number of nitrogens with zero attached hydrogens (tertiary/aromatic N) is 2. The summed E-state index contributed by atoms with van der Waals surface area (Å²) in [5.41, 5.74) is 0. The molecule has 1 fully saturated rings. The lowest BCUT2D eigenvalue weighted by Crippen LogP contribution is -2.25. The van der Waals surface area contributed by atoms with Crippen LogP contribution in [0.15, 0.2) is 21.8 Å². The Kier molecular flexibility index (Phi) is 1.98. The van der Waals surface area contributed by atoms with Crippen molar-refractivity contribution >= 4 is 17.8 Å². The Balaban J connectivity index is 2.00. The molecule has 1 aromatic rings. The van der Waals surface area contributed by atoms with Gasteiger partial charge in [-0.1, -0.05) is 5.16 Å². The maximum atomic E-state index is 10.7. The number of amides is 2. The van der Waals surface area contributed by atoms with Gasteiger partial charge in [-0.15, -0.1) is 0 Å². The minimum atomic E-state index is -0.707. The average molecular weight is 194 g/mol. The third-order valence-electron chi connectivity index (χ3n) is 1.55. The third kappa shape index (κ3) is 1.60. The molecule has 2 rings (SSSR count). The van der Waals surface area contributed by atoms with E-state index >= 15 is 0 Å². The first-order valence-electron chi connectivity index (χ1n) is 3.82. The highest BCUT2D eigenvalue weighted by Crippen LogP contribution is 1.98. The largest absolute Gasteiger partial charge is 0.359 e. The average Bonchev–Trinajstić information content (AvgIpc) is 2.74. The van der Waals surface area contributed by atoms with Gasteiger partial charge in [0.1, 0.15) is 6.54 Å². The molecule has 14 heavy (non-hydrogen) atoms. The first-order chi connectivity index (χ1) is 6.75. The second-order valence-electron chi connectivity index (χ2n) is 2.55. The summed E-state index contributed by atoms with van der Waals surface area (Å²) in [6.07, 6.45) is 1.49. The standard InChI is InChI=1S/C7H6N4O3/c12-5-6(13)11-7(10-5)8-3-4-1-2-9-14-4/h1-2H,3H2,(H2,8,10,11,12,13). The summed E-state index contributed by atoms with van der Waals surface area (Å²) in [6, 6.07) is 1.64. The second kappa shape index (κ2) is 3.29. The highest BCUT2D eigenvalue weighted by Gasteiger charge is 2.24. The Labute approximate surface area is 78.2 Å². The molecule has 72 valence electrons. The molecule has 0 unspecified atom stereocenters. The maximum absolute atomic E-state index is 10.7. The lowest BCUT2D eigenvalue weighted by Gasteiger charge is -1.93. The molecule has 1 aliphatic heterocycles. The zero-order valence-corrected chi connectivity index (χ0v) is 6.98. The van der Waals surface area contributed by atoms with E-state index in [9.17, 15) is 9.59 Å². The summed E-state index contributed by atoms with van der Waals surface area (Å²) in [7, 11) is 0. The van der Waals surface area contributed by atoms with Crippen LogP contribution >= 0.6 is 0 Å². The second-order valence-corrected chi connectivity index (χ2v) is 2.55. The Morgan fingerprint density at radius 1 is 1.36 bits per heavy atom. The van der Waals surface area contributed by atoms with Gasteiger partial charge in [-0.2, -0.15) is 0 Å². The molecule has 0 aliphatic carbocycles. The van der Waals surface area contributed by atoms with Crippen LogP contribution in [0.1, 0.15) is 5.76 Å². The number of aromatic nitrogens is 1. The van der Waals surface area contributed by atoms with Gasteiger partial charge >= 0.3 is 11.8 Å².